The van der Waals surface area contributed by atoms with Gasteiger partial charge in [0.05, 0.1) is 5.01 Å². The predicted molar refractivity (Wildman–Crippen MR) is 62.2 cm³/mol. The summed E-state index contributed by atoms with van der Waals surface area (Å²) in [5.41, 5.74) is 0. The average molecular weight is 222 g/mol. The molecule has 2 rings (SSSR count). The highest BCUT2D eigenvalue weighted by Crippen LogP contribution is 2.17. The SMILES string of the molecule is CC(CNc1nccn1C)c1nccs1. The number of aryl methyl sites for hydroxylation is 1. The summed E-state index contributed by atoms with van der Waals surface area (Å²) in [4.78, 5) is 8.49. The second kappa shape index (κ2) is 4.44. The van der Waals surface area contributed by atoms with Crippen molar-refractivity contribution in [2.75, 3.05) is 11.9 Å². The second-order valence-electron chi connectivity index (χ2n) is 3.51. The number of imidazole rings is 1. The Labute approximate surface area is 93.0 Å². The van der Waals surface area contributed by atoms with Gasteiger partial charge in [0.15, 0.2) is 0 Å². The van der Waals surface area contributed by atoms with Crippen molar-refractivity contribution in [3.05, 3.63) is 29.0 Å². The maximum atomic E-state index is 4.29. The molecule has 0 radical (unpaired) electrons. The van der Waals surface area contributed by atoms with Crippen molar-refractivity contribution < 1.29 is 0 Å². The molecule has 4 nitrogen and oxygen atoms in total. The Morgan fingerprint density at radius 1 is 1.47 bits per heavy atom. The summed E-state index contributed by atoms with van der Waals surface area (Å²) < 4.78 is 1.97. The van der Waals surface area contributed by atoms with E-state index in [-0.39, 0.29) is 0 Å². The van der Waals surface area contributed by atoms with Gasteiger partial charge in [-0.15, -0.1) is 11.3 Å². The Balaban J connectivity index is 1.91. The van der Waals surface area contributed by atoms with Crippen molar-refractivity contribution in [2.45, 2.75) is 12.8 Å². The van der Waals surface area contributed by atoms with E-state index in [1.165, 1.54) is 0 Å². The molecule has 0 aliphatic heterocycles. The minimum atomic E-state index is 0.418. The molecule has 80 valence electrons. The monoisotopic (exact) mass is 222 g/mol. The zero-order valence-electron chi connectivity index (χ0n) is 8.84. The summed E-state index contributed by atoms with van der Waals surface area (Å²) in [5.74, 6) is 1.32. The number of hydrogen-bond donors (Lipinski definition) is 1. The highest BCUT2D eigenvalue weighted by molar-refractivity contribution is 7.09. The molecule has 0 spiro atoms. The summed E-state index contributed by atoms with van der Waals surface area (Å²) in [7, 11) is 1.98. The largest absolute Gasteiger partial charge is 0.355 e. The smallest absolute Gasteiger partial charge is 0.202 e. The fourth-order valence-corrected chi connectivity index (χ4v) is 2.04. The van der Waals surface area contributed by atoms with Gasteiger partial charge < -0.3 is 9.88 Å². The van der Waals surface area contributed by atoms with Gasteiger partial charge in [-0.2, -0.15) is 0 Å². The van der Waals surface area contributed by atoms with Gasteiger partial charge in [-0.25, -0.2) is 9.97 Å². The van der Waals surface area contributed by atoms with Gasteiger partial charge >= 0.3 is 0 Å². The molecule has 0 amide bonds. The Kier molecular flexibility index (Phi) is 3.01. The molecule has 0 aliphatic rings. The lowest BCUT2D eigenvalue weighted by Crippen LogP contribution is -2.12. The molecule has 0 bridgehead atoms. The van der Waals surface area contributed by atoms with Gasteiger partial charge in [0.25, 0.3) is 0 Å². The molecule has 0 aliphatic carbocycles. The van der Waals surface area contributed by atoms with Crippen LogP contribution >= 0.6 is 11.3 Å². The predicted octanol–water partition coefficient (Wildman–Crippen LogP) is 2.09. The first-order valence-electron chi connectivity index (χ1n) is 4.88. The zero-order chi connectivity index (χ0) is 10.7. The highest BCUT2D eigenvalue weighted by Gasteiger charge is 2.08. The third kappa shape index (κ3) is 2.36. The quantitative estimate of drug-likeness (QED) is 0.861. The minimum Gasteiger partial charge on any atom is -0.355 e. The maximum Gasteiger partial charge on any atom is 0.202 e. The first-order valence-corrected chi connectivity index (χ1v) is 5.76. The molecule has 2 aromatic rings. The number of anilines is 1. The normalized spacial score (nSPS) is 12.7. The fraction of sp³-hybridized carbons (Fsp3) is 0.400. The number of nitrogens with zero attached hydrogens (tertiary/aromatic N) is 3. The molecule has 2 heterocycles. The number of thiazole rings is 1. The Bertz CT molecular complexity index is 407. The average Bonchev–Trinajstić information content (AvgIpc) is 2.85. The van der Waals surface area contributed by atoms with E-state index in [1.54, 1.807) is 17.5 Å². The van der Waals surface area contributed by atoms with Gasteiger partial charge in [0.2, 0.25) is 5.95 Å². The van der Waals surface area contributed by atoms with E-state index in [0.29, 0.717) is 5.92 Å². The first-order chi connectivity index (χ1) is 7.27. The molecule has 0 fully saturated rings. The lowest BCUT2D eigenvalue weighted by Gasteiger charge is -2.10. The van der Waals surface area contributed by atoms with Crippen LogP contribution in [-0.2, 0) is 7.05 Å². The molecule has 15 heavy (non-hydrogen) atoms. The molecule has 1 atom stereocenters. The fourth-order valence-electron chi connectivity index (χ4n) is 1.35. The van der Waals surface area contributed by atoms with Crippen LogP contribution in [0, 0.1) is 0 Å². The van der Waals surface area contributed by atoms with Crippen LogP contribution in [0.1, 0.15) is 17.8 Å². The van der Waals surface area contributed by atoms with Crippen LogP contribution in [0.4, 0.5) is 5.95 Å². The van der Waals surface area contributed by atoms with E-state index in [1.807, 2.05) is 29.4 Å². The second-order valence-corrected chi connectivity index (χ2v) is 4.44. The van der Waals surface area contributed by atoms with E-state index >= 15 is 0 Å². The lowest BCUT2D eigenvalue weighted by molar-refractivity contribution is 0.777. The minimum absolute atomic E-state index is 0.418. The van der Waals surface area contributed by atoms with E-state index in [0.717, 1.165) is 17.5 Å². The summed E-state index contributed by atoms with van der Waals surface area (Å²) in [5, 5.41) is 6.47. The lowest BCUT2D eigenvalue weighted by atomic mass is 10.2. The van der Waals surface area contributed by atoms with Crippen molar-refractivity contribution >= 4 is 17.3 Å². The van der Waals surface area contributed by atoms with Crippen LogP contribution in [0.25, 0.3) is 0 Å². The van der Waals surface area contributed by atoms with Gasteiger partial charge in [0, 0.05) is 43.5 Å². The Morgan fingerprint density at radius 3 is 2.93 bits per heavy atom. The number of rotatable bonds is 4. The van der Waals surface area contributed by atoms with Crippen molar-refractivity contribution in [3.63, 3.8) is 0 Å². The van der Waals surface area contributed by atoms with Gasteiger partial charge in [-0.1, -0.05) is 6.92 Å². The van der Waals surface area contributed by atoms with E-state index in [4.69, 9.17) is 0 Å². The number of nitrogens with one attached hydrogen (secondary N) is 1. The molecule has 2 aromatic heterocycles. The Hall–Kier alpha value is -1.36. The van der Waals surface area contributed by atoms with Gasteiger partial charge in [-0.3, -0.25) is 0 Å². The number of hydrogen-bond acceptors (Lipinski definition) is 4. The van der Waals surface area contributed by atoms with Crippen LogP contribution in [0.2, 0.25) is 0 Å². The third-order valence-electron chi connectivity index (χ3n) is 2.26. The molecular formula is C10H14N4S. The third-order valence-corrected chi connectivity index (χ3v) is 3.27. The molecule has 1 unspecified atom stereocenters. The molecule has 0 aromatic carbocycles. The van der Waals surface area contributed by atoms with E-state index in [2.05, 4.69) is 22.2 Å². The summed E-state index contributed by atoms with van der Waals surface area (Å²) in [6.45, 7) is 3.02. The molecule has 1 N–H and O–H groups in total. The van der Waals surface area contributed by atoms with Crippen LogP contribution in [-0.4, -0.2) is 21.1 Å². The van der Waals surface area contributed by atoms with Crippen LogP contribution in [0.3, 0.4) is 0 Å². The topological polar surface area (TPSA) is 42.7 Å². The maximum absolute atomic E-state index is 4.29. The van der Waals surface area contributed by atoms with Crippen LogP contribution < -0.4 is 5.32 Å². The van der Waals surface area contributed by atoms with Gasteiger partial charge in [0.1, 0.15) is 0 Å². The first kappa shape index (κ1) is 10.2. The standard InChI is InChI=1S/C10H14N4S/c1-8(9-11-4-6-15-9)7-13-10-12-3-5-14(10)2/h3-6,8H,7H2,1-2H3,(H,12,13). The molecule has 5 heteroatoms. The van der Waals surface area contributed by atoms with Crippen LogP contribution in [0.15, 0.2) is 24.0 Å². The molecular weight excluding hydrogens is 208 g/mol. The summed E-state index contributed by atoms with van der Waals surface area (Å²) in [6, 6.07) is 0. The molecule has 0 saturated heterocycles. The number of aromatic nitrogens is 3. The van der Waals surface area contributed by atoms with Crippen LogP contribution in [0.5, 0.6) is 0 Å². The summed E-state index contributed by atoms with van der Waals surface area (Å²) in [6.07, 6.45) is 5.56. The van der Waals surface area contributed by atoms with Crippen molar-refractivity contribution in [1.29, 1.82) is 0 Å². The van der Waals surface area contributed by atoms with Crippen molar-refractivity contribution in [3.8, 4) is 0 Å². The van der Waals surface area contributed by atoms with E-state index in [9.17, 15) is 0 Å². The Morgan fingerprint density at radius 2 is 2.33 bits per heavy atom. The zero-order valence-corrected chi connectivity index (χ0v) is 9.66. The van der Waals surface area contributed by atoms with Crippen molar-refractivity contribution in [2.24, 2.45) is 7.05 Å². The van der Waals surface area contributed by atoms with Crippen molar-refractivity contribution in [1.82, 2.24) is 14.5 Å². The van der Waals surface area contributed by atoms with Gasteiger partial charge in [-0.05, 0) is 0 Å². The highest BCUT2D eigenvalue weighted by atomic mass is 32.1. The molecule has 0 saturated carbocycles. The van der Waals surface area contributed by atoms with E-state index < -0.39 is 0 Å². The summed E-state index contributed by atoms with van der Waals surface area (Å²) >= 11 is 1.69.